The quantitative estimate of drug-likeness (QED) is 0.817. The van der Waals surface area contributed by atoms with Crippen molar-refractivity contribution in [1.82, 2.24) is 4.90 Å². The number of carbonyl (C=O) groups is 3. The number of benzene rings is 1. The van der Waals surface area contributed by atoms with Crippen LogP contribution in [-0.2, 0) is 14.3 Å². The van der Waals surface area contributed by atoms with Crippen molar-refractivity contribution in [1.29, 1.82) is 0 Å². The summed E-state index contributed by atoms with van der Waals surface area (Å²) in [5.74, 6) is -1.47. The van der Waals surface area contributed by atoms with Gasteiger partial charge in [0.15, 0.2) is 5.78 Å². The van der Waals surface area contributed by atoms with Gasteiger partial charge in [-0.05, 0) is 45.1 Å². The van der Waals surface area contributed by atoms with Gasteiger partial charge in [0.05, 0.1) is 6.04 Å². The zero-order valence-corrected chi connectivity index (χ0v) is 16.1. The maximum Gasteiger partial charge on any atom is 0.410 e. The van der Waals surface area contributed by atoms with E-state index in [1.165, 1.54) is 4.90 Å². The second-order valence-electron chi connectivity index (χ2n) is 7.94. The Kier molecular flexibility index (Phi) is 6.59. The molecule has 1 fully saturated rings. The molecular formula is C20H28N2O5. The van der Waals surface area contributed by atoms with Gasteiger partial charge in [-0.1, -0.05) is 30.3 Å². The van der Waals surface area contributed by atoms with E-state index in [0.717, 1.165) is 5.56 Å². The molecule has 1 saturated heterocycles. The highest BCUT2D eigenvalue weighted by Gasteiger charge is 2.39. The lowest BCUT2D eigenvalue weighted by molar-refractivity contribution is -0.141. The van der Waals surface area contributed by atoms with Crippen molar-refractivity contribution in [2.75, 3.05) is 6.54 Å². The van der Waals surface area contributed by atoms with E-state index in [1.807, 2.05) is 30.3 Å². The van der Waals surface area contributed by atoms with Gasteiger partial charge in [-0.3, -0.25) is 14.5 Å². The summed E-state index contributed by atoms with van der Waals surface area (Å²) in [6.45, 7) is 5.66. The highest BCUT2D eigenvalue weighted by atomic mass is 16.6. The number of hydrogen-bond donors (Lipinski definition) is 2. The summed E-state index contributed by atoms with van der Waals surface area (Å²) in [6, 6.07) is 7.77. The number of nitrogens with two attached hydrogens (primary N) is 1. The van der Waals surface area contributed by atoms with Crippen LogP contribution in [0.5, 0.6) is 0 Å². The number of likely N-dealkylation sites (tertiary alicyclic amines) is 1. The average Bonchev–Trinajstić information content (AvgIpc) is 2.60. The van der Waals surface area contributed by atoms with Gasteiger partial charge in [0.25, 0.3) is 0 Å². The first kappa shape index (κ1) is 20.9. The number of carboxylic acids is 1. The summed E-state index contributed by atoms with van der Waals surface area (Å²) < 4.78 is 5.44. The molecule has 1 aromatic carbocycles. The number of amides is 1. The van der Waals surface area contributed by atoms with Crippen LogP contribution in [0, 0.1) is 0 Å². The molecule has 7 heteroatoms. The molecule has 148 valence electrons. The first-order chi connectivity index (χ1) is 12.6. The topological polar surface area (TPSA) is 110 Å². The molecule has 0 radical (unpaired) electrons. The normalized spacial score (nSPS) is 21.4. The van der Waals surface area contributed by atoms with Gasteiger partial charge in [0, 0.05) is 13.0 Å². The Morgan fingerprint density at radius 2 is 1.89 bits per heavy atom. The minimum atomic E-state index is -1.28. The Labute approximate surface area is 159 Å². The predicted octanol–water partition coefficient (Wildman–Crippen LogP) is 2.54. The van der Waals surface area contributed by atoms with Crippen molar-refractivity contribution >= 4 is 17.8 Å². The fourth-order valence-corrected chi connectivity index (χ4v) is 3.28. The van der Waals surface area contributed by atoms with Crippen LogP contribution in [-0.4, -0.2) is 52.1 Å². The predicted molar refractivity (Wildman–Crippen MR) is 100 cm³/mol. The molecule has 3 N–H and O–H groups in total. The summed E-state index contributed by atoms with van der Waals surface area (Å²) in [7, 11) is 0. The minimum Gasteiger partial charge on any atom is -0.480 e. The van der Waals surface area contributed by atoms with Crippen LogP contribution in [0.1, 0.15) is 51.5 Å². The van der Waals surface area contributed by atoms with E-state index in [-0.39, 0.29) is 18.1 Å². The van der Waals surface area contributed by atoms with Crippen LogP contribution in [0.2, 0.25) is 0 Å². The maximum absolute atomic E-state index is 12.8. The monoisotopic (exact) mass is 376 g/mol. The van der Waals surface area contributed by atoms with E-state index in [2.05, 4.69) is 0 Å². The van der Waals surface area contributed by atoms with Crippen LogP contribution >= 0.6 is 0 Å². The Bertz CT molecular complexity index is 683. The molecule has 0 saturated carbocycles. The molecule has 1 aromatic rings. The van der Waals surface area contributed by atoms with Crippen LogP contribution in [0.15, 0.2) is 30.3 Å². The first-order valence-corrected chi connectivity index (χ1v) is 9.14. The van der Waals surface area contributed by atoms with Crippen molar-refractivity contribution in [2.45, 2.75) is 63.6 Å². The average molecular weight is 376 g/mol. The third kappa shape index (κ3) is 5.79. The molecule has 7 nitrogen and oxygen atoms in total. The lowest BCUT2D eigenvalue weighted by Crippen LogP contribution is -2.52. The Morgan fingerprint density at radius 3 is 2.44 bits per heavy atom. The summed E-state index contributed by atoms with van der Waals surface area (Å²) in [5.41, 5.74) is 5.95. The van der Waals surface area contributed by atoms with Crippen LogP contribution in [0.4, 0.5) is 4.79 Å². The highest BCUT2D eigenvalue weighted by molar-refractivity contribution is 5.91. The number of Topliss-reactive ketones (excluding diaryl/α,β-unsaturated/α-hetero) is 1. The number of ketones is 1. The molecule has 0 aromatic heterocycles. The fourth-order valence-electron chi connectivity index (χ4n) is 3.28. The van der Waals surface area contributed by atoms with Crippen LogP contribution in [0.25, 0.3) is 0 Å². The molecule has 1 aliphatic rings. The lowest BCUT2D eigenvalue weighted by atomic mass is 9.83. The molecule has 0 spiro atoms. The smallest absolute Gasteiger partial charge is 0.410 e. The Morgan fingerprint density at radius 1 is 1.26 bits per heavy atom. The zero-order valence-electron chi connectivity index (χ0n) is 16.1. The second-order valence-corrected chi connectivity index (χ2v) is 7.94. The molecule has 0 bridgehead atoms. The molecule has 27 heavy (non-hydrogen) atoms. The first-order valence-electron chi connectivity index (χ1n) is 9.14. The van der Waals surface area contributed by atoms with Crippen molar-refractivity contribution in [2.24, 2.45) is 5.73 Å². The second kappa shape index (κ2) is 8.52. The molecule has 2 rings (SSSR count). The zero-order chi connectivity index (χ0) is 20.2. The SMILES string of the molecule is CC(C)(C)OC(=O)N1CC[C@H](c2ccccc2)C[C@@H]1C(=O)C[C@H](N)C(=O)O. The summed E-state index contributed by atoms with van der Waals surface area (Å²) in [6.07, 6.45) is 0.254. The number of carboxylic acid groups (broad SMARTS) is 1. The number of carbonyl (C=O) groups excluding carboxylic acids is 2. The Balaban J connectivity index is 2.21. The van der Waals surface area contributed by atoms with E-state index in [1.54, 1.807) is 20.8 Å². The van der Waals surface area contributed by atoms with Gasteiger partial charge in [0.2, 0.25) is 0 Å². The van der Waals surface area contributed by atoms with Gasteiger partial charge in [-0.15, -0.1) is 0 Å². The minimum absolute atomic E-state index is 0.111. The highest BCUT2D eigenvalue weighted by Crippen LogP contribution is 2.33. The van der Waals surface area contributed by atoms with Gasteiger partial charge in [-0.25, -0.2) is 4.79 Å². The summed E-state index contributed by atoms with van der Waals surface area (Å²) in [5, 5.41) is 9.00. The number of rotatable bonds is 5. The standard InChI is InChI=1S/C20H28N2O5/c1-20(2,3)27-19(26)22-10-9-14(13-7-5-4-6-8-13)11-16(22)17(23)12-15(21)18(24)25/h4-8,14-16H,9-12,21H2,1-3H3,(H,24,25)/t14-,15-,16+/m0/s1. The third-order valence-electron chi connectivity index (χ3n) is 4.61. The third-order valence-corrected chi connectivity index (χ3v) is 4.61. The molecule has 0 aliphatic carbocycles. The molecule has 0 unspecified atom stereocenters. The van der Waals surface area contributed by atoms with Crippen molar-refractivity contribution in [3.63, 3.8) is 0 Å². The van der Waals surface area contributed by atoms with Crippen molar-refractivity contribution < 1.29 is 24.2 Å². The van der Waals surface area contributed by atoms with E-state index >= 15 is 0 Å². The van der Waals surface area contributed by atoms with Crippen molar-refractivity contribution in [3.05, 3.63) is 35.9 Å². The lowest BCUT2D eigenvalue weighted by Gasteiger charge is -2.39. The molecule has 1 amide bonds. The summed E-state index contributed by atoms with van der Waals surface area (Å²) >= 11 is 0. The van der Waals surface area contributed by atoms with Gasteiger partial charge < -0.3 is 15.6 Å². The van der Waals surface area contributed by atoms with E-state index in [9.17, 15) is 14.4 Å². The van der Waals surface area contributed by atoms with Crippen LogP contribution < -0.4 is 5.73 Å². The van der Waals surface area contributed by atoms with Gasteiger partial charge >= 0.3 is 12.1 Å². The van der Waals surface area contributed by atoms with Gasteiger partial charge in [-0.2, -0.15) is 0 Å². The number of aliphatic carboxylic acids is 1. The molecule has 1 aliphatic heterocycles. The van der Waals surface area contributed by atoms with E-state index in [0.29, 0.717) is 19.4 Å². The summed E-state index contributed by atoms with van der Waals surface area (Å²) in [4.78, 5) is 37.8. The molecule has 1 heterocycles. The maximum atomic E-state index is 12.8. The van der Waals surface area contributed by atoms with E-state index in [4.69, 9.17) is 15.6 Å². The number of nitrogens with zero attached hydrogens (tertiary/aromatic N) is 1. The number of piperidine rings is 1. The fraction of sp³-hybridized carbons (Fsp3) is 0.550. The Hall–Kier alpha value is -2.41. The van der Waals surface area contributed by atoms with Crippen LogP contribution in [0.3, 0.4) is 0 Å². The molecule has 3 atom stereocenters. The van der Waals surface area contributed by atoms with Crippen molar-refractivity contribution in [3.8, 4) is 0 Å². The number of ether oxygens (including phenoxy) is 1. The number of hydrogen-bond acceptors (Lipinski definition) is 5. The van der Waals surface area contributed by atoms with Gasteiger partial charge in [0.1, 0.15) is 11.6 Å². The van der Waals surface area contributed by atoms with E-state index < -0.39 is 29.7 Å². The molecular weight excluding hydrogens is 348 g/mol. The largest absolute Gasteiger partial charge is 0.480 e.